The number of imide groups is 1. The van der Waals surface area contributed by atoms with Crippen LogP contribution in [0.25, 0.3) is 21.9 Å². The Kier molecular flexibility index (Phi) is 11.4. The molecule has 5 heterocycles. The summed E-state index contributed by atoms with van der Waals surface area (Å²) in [6.45, 7) is 0. The van der Waals surface area contributed by atoms with E-state index in [1.165, 1.54) is 33.7 Å². The Morgan fingerprint density at radius 3 is 2.29 bits per heavy atom. The van der Waals surface area contributed by atoms with Crippen LogP contribution in [0.4, 0.5) is 5.69 Å². The fraction of sp³-hybridized carbons (Fsp3) is 0.386. The third-order valence-electron chi connectivity index (χ3n) is 12.3. The first-order valence-corrected chi connectivity index (χ1v) is 22.4. The van der Waals surface area contributed by atoms with E-state index < -0.39 is 43.1 Å². The second kappa shape index (κ2) is 16.6. The number of unbranched alkanes of at least 4 members (excludes halogenated alkanes) is 3. The van der Waals surface area contributed by atoms with Crippen LogP contribution in [0.2, 0.25) is 0 Å². The lowest BCUT2D eigenvalue weighted by atomic mass is 9.95. The molecule has 5 amide bonds. The van der Waals surface area contributed by atoms with Crippen molar-refractivity contribution in [1.82, 2.24) is 29.7 Å². The van der Waals surface area contributed by atoms with Gasteiger partial charge in [-0.25, -0.2) is 4.79 Å². The molecule has 18 heteroatoms. The minimum absolute atomic E-state index is 0.0930. The molecular weight excluding hydrogens is 817 g/mol. The van der Waals surface area contributed by atoms with Crippen molar-refractivity contribution >= 4 is 70.3 Å². The topological polar surface area (TPSA) is 233 Å². The molecule has 1 saturated heterocycles. The highest BCUT2D eigenvalue weighted by Gasteiger charge is 2.45. The quantitative estimate of drug-likeness (QED) is 0.0656. The van der Waals surface area contributed by atoms with Gasteiger partial charge in [0.2, 0.25) is 23.6 Å². The van der Waals surface area contributed by atoms with Crippen LogP contribution in [0.15, 0.2) is 59.4 Å². The number of benzene rings is 3. The van der Waals surface area contributed by atoms with Crippen LogP contribution in [0, 0.1) is 0 Å². The average Bonchev–Trinajstić information content (AvgIpc) is 3.88. The Morgan fingerprint density at radius 1 is 0.855 bits per heavy atom. The number of piperidine rings is 1. The third kappa shape index (κ3) is 8.03. The van der Waals surface area contributed by atoms with E-state index in [1.807, 2.05) is 18.2 Å². The summed E-state index contributed by atoms with van der Waals surface area (Å²) in [7, 11) is -0.0216. The third-order valence-corrected chi connectivity index (χ3v) is 13.1. The Labute approximate surface area is 355 Å². The van der Waals surface area contributed by atoms with E-state index in [4.69, 9.17) is 0 Å². The van der Waals surface area contributed by atoms with Crippen LogP contribution in [-0.2, 0) is 56.5 Å². The van der Waals surface area contributed by atoms with Crippen LogP contribution in [0.1, 0.15) is 94.1 Å². The van der Waals surface area contributed by atoms with Crippen molar-refractivity contribution < 1.29 is 43.1 Å². The number of fused-ring (bicyclic) bond motifs is 2. The highest BCUT2D eigenvalue weighted by atomic mass is 31.2. The molecule has 17 nitrogen and oxygen atoms in total. The number of hydrogen-bond acceptors (Lipinski definition) is 8. The number of aromatic amines is 1. The SMILES string of the molecule is CN(C)C(=O)[C@@H]1Cc2cc(CCCCCCc3ccc4c(c3)n(C)c(=O)n4C3CCC(=O)NC3=O)cc3c2N1C(=O)[C@@H](NC(=O)c1cc2cc(C(=O)P(=O)(O)O)ccc2[nH]1)CC3. The molecule has 0 bridgehead atoms. The van der Waals surface area contributed by atoms with Gasteiger partial charge in [-0.05, 0) is 104 Å². The van der Waals surface area contributed by atoms with Gasteiger partial charge in [-0.1, -0.05) is 31.0 Å². The standard InChI is InChI=1S/C44H48N7O10P/c1-48(2)42(56)36-23-29-19-25(9-7-5-4-6-8-24-10-15-33-35(20-24)49(3)44(58)50(33)34-16-17-37(52)47-40(34)54)18-26-11-14-31(41(55)51(36)38(26)29)46-39(53)32-22-28-21-27(12-13-30(28)45-32)43(57)62(59,60)61/h10,12-13,15,18-22,31,34,36,45H,4-9,11,14,16-17,23H2,1-3H3,(H,46,53)(H,47,52,54)(H2,59,60,61)/t31-,34?,36-/m0/s1. The number of rotatable bonds is 13. The number of imidazole rings is 1. The van der Waals surface area contributed by atoms with Gasteiger partial charge in [0.25, 0.3) is 11.4 Å². The van der Waals surface area contributed by atoms with E-state index in [-0.39, 0.29) is 47.5 Å². The number of likely N-dealkylation sites (N-methyl/N-ethyl adjacent to an activating group) is 1. The van der Waals surface area contributed by atoms with Gasteiger partial charge in [0.1, 0.15) is 23.8 Å². The average molecular weight is 866 g/mol. The fourth-order valence-corrected chi connectivity index (χ4v) is 9.65. The molecule has 2 aromatic heterocycles. The summed E-state index contributed by atoms with van der Waals surface area (Å²) < 4.78 is 14.6. The predicted molar refractivity (Wildman–Crippen MR) is 229 cm³/mol. The van der Waals surface area contributed by atoms with E-state index in [9.17, 15) is 47.9 Å². The van der Waals surface area contributed by atoms with Gasteiger partial charge in [-0.2, -0.15) is 0 Å². The summed E-state index contributed by atoms with van der Waals surface area (Å²) in [6, 6.07) is 13.1. The zero-order valence-electron chi connectivity index (χ0n) is 34.6. The van der Waals surface area contributed by atoms with Crippen molar-refractivity contribution in [3.05, 3.63) is 98.6 Å². The summed E-state index contributed by atoms with van der Waals surface area (Å²) in [5.41, 5.74) is 4.94. The molecule has 5 N–H and O–H groups in total. The van der Waals surface area contributed by atoms with E-state index in [0.29, 0.717) is 35.7 Å². The maximum absolute atomic E-state index is 14.3. The molecule has 324 valence electrons. The minimum atomic E-state index is -5.01. The number of amides is 5. The van der Waals surface area contributed by atoms with E-state index in [2.05, 4.69) is 27.8 Å². The zero-order chi connectivity index (χ0) is 44.2. The molecule has 0 spiro atoms. The van der Waals surface area contributed by atoms with Crippen molar-refractivity contribution in [2.75, 3.05) is 19.0 Å². The molecule has 8 rings (SSSR count). The second-order valence-electron chi connectivity index (χ2n) is 16.7. The molecule has 3 aromatic carbocycles. The number of carbonyl (C=O) groups excluding carboxylic acids is 6. The highest BCUT2D eigenvalue weighted by molar-refractivity contribution is 7.70. The summed E-state index contributed by atoms with van der Waals surface area (Å²) in [5.74, 6) is -1.98. The summed E-state index contributed by atoms with van der Waals surface area (Å²) in [5, 5.41) is 5.58. The monoisotopic (exact) mass is 865 g/mol. The van der Waals surface area contributed by atoms with Crippen molar-refractivity contribution in [3.63, 3.8) is 0 Å². The Morgan fingerprint density at radius 2 is 1.58 bits per heavy atom. The zero-order valence-corrected chi connectivity index (χ0v) is 35.5. The van der Waals surface area contributed by atoms with Crippen LogP contribution in [0.3, 0.4) is 0 Å². The number of aromatic nitrogens is 3. The number of nitrogens with one attached hydrogen (secondary N) is 3. The lowest BCUT2D eigenvalue weighted by Gasteiger charge is -2.29. The Balaban J connectivity index is 0.912. The maximum Gasteiger partial charge on any atom is 0.396 e. The fourth-order valence-electron chi connectivity index (χ4n) is 9.17. The predicted octanol–water partition coefficient (Wildman–Crippen LogP) is 3.55. The first-order chi connectivity index (χ1) is 29.5. The number of carbonyl (C=O) groups is 6. The van der Waals surface area contributed by atoms with Gasteiger partial charge in [0.15, 0.2) is 0 Å². The van der Waals surface area contributed by atoms with Crippen molar-refractivity contribution in [2.45, 2.75) is 88.8 Å². The van der Waals surface area contributed by atoms with Gasteiger partial charge in [0, 0.05) is 50.5 Å². The van der Waals surface area contributed by atoms with Crippen molar-refractivity contribution in [3.8, 4) is 0 Å². The molecule has 1 fully saturated rings. The molecule has 0 saturated carbocycles. The van der Waals surface area contributed by atoms with E-state index >= 15 is 0 Å². The number of H-pyrrole nitrogens is 1. The molecule has 3 aliphatic rings. The number of hydrogen-bond donors (Lipinski definition) is 5. The molecule has 0 radical (unpaired) electrons. The lowest BCUT2D eigenvalue weighted by Crippen LogP contribution is -2.54. The first-order valence-electron chi connectivity index (χ1n) is 20.8. The van der Waals surface area contributed by atoms with Crippen molar-refractivity contribution in [2.24, 2.45) is 7.05 Å². The van der Waals surface area contributed by atoms with Crippen LogP contribution < -0.4 is 21.2 Å². The van der Waals surface area contributed by atoms with Gasteiger partial charge in [-0.15, -0.1) is 0 Å². The maximum atomic E-state index is 14.3. The summed E-state index contributed by atoms with van der Waals surface area (Å²) >= 11 is 0. The second-order valence-corrected chi connectivity index (χ2v) is 18.2. The van der Waals surface area contributed by atoms with Gasteiger partial charge in [0.05, 0.1) is 16.7 Å². The molecule has 62 heavy (non-hydrogen) atoms. The lowest BCUT2D eigenvalue weighted by molar-refractivity contribution is -0.135. The number of aryl methyl sites for hydroxylation is 4. The Bertz CT molecular complexity index is 2810. The number of anilines is 1. The largest absolute Gasteiger partial charge is 0.396 e. The smallest absolute Gasteiger partial charge is 0.351 e. The van der Waals surface area contributed by atoms with E-state index in [1.54, 1.807) is 30.6 Å². The minimum Gasteiger partial charge on any atom is -0.351 e. The molecule has 0 aliphatic carbocycles. The molecule has 5 aromatic rings. The van der Waals surface area contributed by atoms with E-state index in [0.717, 1.165) is 72.0 Å². The molecule has 3 aliphatic heterocycles. The molecule has 3 atom stereocenters. The van der Waals surface area contributed by atoms with Gasteiger partial charge < -0.3 is 25.0 Å². The highest BCUT2D eigenvalue weighted by Crippen LogP contribution is 2.41. The van der Waals surface area contributed by atoms with Gasteiger partial charge in [-0.3, -0.25) is 52.7 Å². The van der Waals surface area contributed by atoms with Gasteiger partial charge >= 0.3 is 13.3 Å². The molecule has 1 unspecified atom stereocenters. The normalized spacial score (nSPS) is 18.8. The Hall–Kier alpha value is -6.16. The van der Waals surface area contributed by atoms with Crippen molar-refractivity contribution in [1.29, 1.82) is 0 Å². The van der Waals surface area contributed by atoms with Crippen LogP contribution in [0.5, 0.6) is 0 Å². The summed E-state index contributed by atoms with van der Waals surface area (Å²) in [6.07, 6.45) is 7.07. The number of nitrogens with zero attached hydrogens (tertiary/aromatic N) is 4. The summed E-state index contributed by atoms with van der Waals surface area (Å²) in [4.78, 5) is 116. The van der Waals surface area contributed by atoms with Crippen LogP contribution >= 0.6 is 7.60 Å². The van der Waals surface area contributed by atoms with Crippen LogP contribution in [-0.4, -0.2) is 90.0 Å². The molecular formula is C44H48N7O10P. The first kappa shape index (κ1) is 42.5.